The van der Waals surface area contributed by atoms with E-state index in [1.807, 2.05) is 36.1 Å². The fraction of sp³-hybridized carbons (Fsp3) is 0.364. The van der Waals surface area contributed by atoms with Crippen molar-refractivity contribution in [2.75, 3.05) is 23.7 Å². The van der Waals surface area contributed by atoms with Crippen LogP contribution in [0.3, 0.4) is 0 Å². The van der Waals surface area contributed by atoms with E-state index in [0.717, 1.165) is 12.2 Å². The Hall–Kier alpha value is -1.71. The molecule has 0 atom stereocenters. The number of nitrogen functional groups attached to an aromatic ring is 1. The van der Waals surface area contributed by atoms with Crippen molar-refractivity contribution in [3.8, 4) is 0 Å². The van der Waals surface area contributed by atoms with Crippen molar-refractivity contribution in [1.82, 2.24) is 0 Å². The number of carbonyl (C=O) groups is 1. The molecule has 0 aromatic heterocycles. The van der Waals surface area contributed by atoms with Crippen LogP contribution < -0.4 is 10.6 Å². The molecule has 1 aromatic carbocycles. The first-order valence-electron chi connectivity index (χ1n) is 4.95. The van der Waals surface area contributed by atoms with Crippen molar-refractivity contribution in [1.29, 1.82) is 0 Å². The molecule has 0 saturated heterocycles. The molecule has 0 aliphatic carbocycles. The summed E-state index contributed by atoms with van der Waals surface area (Å²) in [7, 11) is 0. The van der Waals surface area contributed by atoms with Gasteiger partial charge in [0, 0.05) is 24.5 Å². The van der Waals surface area contributed by atoms with Crippen LogP contribution in [0, 0.1) is 0 Å². The third-order valence-electron chi connectivity index (χ3n) is 2.24. The van der Waals surface area contributed by atoms with Crippen LogP contribution in [0.4, 0.5) is 11.4 Å². The second-order valence-corrected chi connectivity index (χ2v) is 3.31. The van der Waals surface area contributed by atoms with Crippen molar-refractivity contribution >= 4 is 17.3 Å². The Morgan fingerprint density at radius 1 is 1.40 bits per heavy atom. The predicted octanol–water partition coefficient (Wildman–Crippen LogP) is 1.57. The van der Waals surface area contributed by atoms with E-state index in [-0.39, 0.29) is 6.42 Å². The number of benzene rings is 1. The Balaban J connectivity index is 2.65. The fourth-order valence-corrected chi connectivity index (χ4v) is 1.39. The zero-order chi connectivity index (χ0) is 11.3. The van der Waals surface area contributed by atoms with Gasteiger partial charge in [-0.3, -0.25) is 4.79 Å². The fourth-order valence-electron chi connectivity index (χ4n) is 1.39. The number of anilines is 2. The van der Waals surface area contributed by atoms with Gasteiger partial charge in [0.2, 0.25) is 0 Å². The lowest BCUT2D eigenvalue weighted by Gasteiger charge is -2.22. The molecule has 0 heterocycles. The Morgan fingerprint density at radius 3 is 2.47 bits per heavy atom. The van der Waals surface area contributed by atoms with Gasteiger partial charge in [-0.1, -0.05) is 0 Å². The first-order valence-corrected chi connectivity index (χ1v) is 4.95. The Labute approximate surface area is 89.3 Å². The van der Waals surface area contributed by atoms with Crippen LogP contribution >= 0.6 is 0 Å². The summed E-state index contributed by atoms with van der Waals surface area (Å²) in [6.07, 6.45) is 0.151. The summed E-state index contributed by atoms with van der Waals surface area (Å²) < 4.78 is 0. The van der Waals surface area contributed by atoms with Gasteiger partial charge < -0.3 is 15.7 Å². The smallest absolute Gasteiger partial charge is 0.305 e. The van der Waals surface area contributed by atoms with Crippen LogP contribution in [0.15, 0.2) is 24.3 Å². The van der Waals surface area contributed by atoms with Gasteiger partial charge >= 0.3 is 5.97 Å². The van der Waals surface area contributed by atoms with Gasteiger partial charge in [0.1, 0.15) is 0 Å². The van der Waals surface area contributed by atoms with Crippen LogP contribution in [-0.2, 0) is 4.79 Å². The van der Waals surface area contributed by atoms with Crippen molar-refractivity contribution in [2.45, 2.75) is 13.3 Å². The van der Waals surface area contributed by atoms with E-state index in [9.17, 15) is 4.79 Å². The summed E-state index contributed by atoms with van der Waals surface area (Å²) in [5.41, 5.74) is 7.30. The van der Waals surface area contributed by atoms with Crippen molar-refractivity contribution < 1.29 is 9.90 Å². The molecule has 1 aromatic rings. The first kappa shape index (κ1) is 11.4. The minimum atomic E-state index is -0.774. The maximum Gasteiger partial charge on any atom is 0.305 e. The maximum atomic E-state index is 10.5. The minimum Gasteiger partial charge on any atom is -0.481 e. The second kappa shape index (κ2) is 5.24. The summed E-state index contributed by atoms with van der Waals surface area (Å²) in [4.78, 5) is 12.5. The lowest BCUT2D eigenvalue weighted by atomic mass is 10.2. The zero-order valence-corrected chi connectivity index (χ0v) is 8.81. The van der Waals surface area contributed by atoms with E-state index >= 15 is 0 Å². The summed E-state index contributed by atoms with van der Waals surface area (Å²) in [5.74, 6) is -0.774. The van der Waals surface area contributed by atoms with Crippen molar-refractivity contribution in [3.63, 3.8) is 0 Å². The molecule has 15 heavy (non-hydrogen) atoms. The molecular formula is C11H16N2O2. The highest BCUT2D eigenvalue weighted by Gasteiger charge is 2.05. The van der Waals surface area contributed by atoms with E-state index in [4.69, 9.17) is 10.8 Å². The van der Waals surface area contributed by atoms with Gasteiger partial charge in [-0.15, -0.1) is 0 Å². The first-order chi connectivity index (χ1) is 7.13. The molecule has 0 amide bonds. The molecule has 0 spiro atoms. The molecule has 0 unspecified atom stereocenters. The highest BCUT2D eigenvalue weighted by Crippen LogP contribution is 2.16. The van der Waals surface area contributed by atoms with Crippen LogP contribution in [0.25, 0.3) is 0 Å². The quantitative estimate of drug-likeness (QED) is 0.721. The normalized spacial score (nSPS) is 9.93. The largest absolute Gasteiger partial charge is 0.481 e. The summed E-state index contributed by atoms with van der Waals surface area (Å²) in [6.45, 7) is 3.31. The molecule has 0 fully saturated rings. The number of carboxylic acid groups (broad SMARTS) is 1. The molecule has 82 valence electrons. The van der Waals surface area contributed by atoms with Crippen molar-refractivity contribution in [3.05, 3.63) is 24.3 Å². The van der Waals surface area contributed by atoms with E-state index in [2.05, 4.69) is 0 Å². The molecule has 4 nitrogen and oxygen atoms in total. The highest BCUT2D eigenvalue weighted by atomic mass is 16.4. The number of nitrogens with two attached hydrogens (primary N) is 1. The number of hydrogen-bond acceptors (Lipinski definition) is 3. The monoisotopic (exact) mass is 208 g/mol. The Morgan fingerprint density at radius 2 is 2.00 bits per heavy atom. The number of hydrogen-bond donors (Lipinski definition) is 2. The van der Waals surface area contributed by atoms with Gasteiger partial charge in [0.05, 0.1) is 6.42 Å². The molecular weight excluding hydrogens is 192 g/mol. The van der Waals surface area contributed by atoms with Gasteiger partial charge in [0.25, 0.3) is 0 Å². The lowest BCUT2D eigenvalue weighted by Crippen LogP contribution is -2.25. The van der Waals surface area contributed by atoms with Crippen molar-refractivity contribution in [2.24, 2.45) is 0 Å². The van der Waals surface area contributed by atoms with Crippen LogP contribution in [-0.4, -0.2) is 24.2 Å². The van der Waals surface area contributed by atoms with Gasteiger partial charge in [-0.25, -0.2) is 0 Å². The summed E-state index contributed by atoms with van der Waals surface area (Å²) in [6, 6.07) is 7.44. The third kappa shape index (κ3) is 3.50. The van der Waals surface area contributed by atoms with E-state index < -0.39 is 5.97 Å². The third-order valence-corrected chi connectivity index (χ3v) is 2.24. The SMILES string of the molecule is CCN(CCC(=O)O)c1ccc(N)cc1. The molecule has 3 N–H and O–H groups in total. The predicted molar refractivity (Wildman–Crippen MR) is 61.0 cm³/mol. The average molecular weight is 208 g/mol. The summed E-state index contributed by atoms with van der Waals surface area (Å²) >= 11 is 0. The van der Waals surface area contributed by atoms with Gasteiger partial charge in [-0.05, 0) is 31.2 Å². The molecule has 4 heteroatoms. The van der Waals surface area contributed by atoms with Gasteiger partial charge in [-0.2, -0.15) is 0 Å². The average Bonchev–Trinajstić information content (AvgIpc) is 2.21. The molecule has 0 bridgehead atoms. The Kier molecular flexibility index (Phi) is 3.97. The number of aliphatic carboxylic acids is 1. The maximum absolute atomic E-state index is 10.5. The summed E-state index contributed by atoms with van der Waals surface area (Å²) in [5, 5.41) is 8.60. The number of nitrogens with zero attached hydrogens (tertiary/aromatic N) is 1. The standard InChI is InChI=1S/C11H16N2O2/c1-2-13(8-7-11(14)15)10-5-3-9(12)4-6-10/h3-6H,2,7-8,12H2,1H3,(H,14,15). The molecule has 0 radical (unpaired) electrons. The number of rotatable bonds is 5. The minimum absolute atomic E-state index is 0.151. The molecule has 1 rings (SSSR count). The zero-order valence-electron chi connectivity index (χ0n) is 8.81. The topological polar surface area (TPSA) is 66.6 Å². The lowest BCUT2D eigenvalue weighted by molar-refractivity contribution is -0.136. The molecule has 0 aliphatic rings. The van der Waals surface area contributed by atoms with E-state index in [0.29, 0.717) is 12.2 Å². The van der Waals surface area contributed by atoms with Crippen LogP contribution in [0.2, 0.25) is 0 Å². The second-order valence-electron chi connectivity index (χ2n) is 3.31. The molecule has 0 saturated carbocycles. The van der Waals surface area contributed by atoms with Crippen LogP contribution in [0.1, 0.15) is 13.3 Å². The number of carboxylic acids is 1. The van der Waals surface area contributed by atoms with E-state index in [1.54, 1.807) is 0 Å². The van der Waals surface area contributed by atoms with Gasteiger partial charge in [0.15, 0.2) is 0 Å². The Bertz CT molecular complexity index is 322. The molecule has 0 aliphatic heterocycles. The van der Waals surface area contributed by atoms with Crippen LogP contribution in [0.5, 0.6) is 0 Å². The highest BCUT2D eigenvalue weighted by molar-refractivity contribution is 5.67. The van der Waals surface area contributed by atoms with E-state index in [1.165, 1.54) is 0 Å².